The van der Waals surface area contributed by atoms with E-state index in [2.05, 4.69) is 21.9 Å². The average Bonchev–Trinajstić information content (AvgIpc) is 3.18. The van der Waals surface area contributed by atoms with Gasteiger partial charge < -0.3 is 9.80 Å². The molecule has 234 valence electrons. The predicted molar refractivity (Wildman–Crippen MR) is 191 cm³/mol. The van der Waals surface area contributed by atoms with Crippen LogP contribution < -0.4 is 9.80 Å². The van der Waals surface area contributed by atoms with Crippen LogP contribution in [0.4, 0.5) is 22.7 Å². The maximum atomic E-state index is 9.66. The van der Waals surface area contributed by atoms with Crippen LogP contribution in [0.15, 0.2) is 145 Å². The van der Waals surface area contributed by atoms with E-state index in [4.69, 9.17) is 0 Å². The first-order chi connectivity index (χ1) is 24.5. The Morgan fingerprint density at radius 3 is 0.960 bits per heavy atom. The zero-order chi connectivity index (χ0) is 35.3. The SMILES string of the molecule is N#CC(C#N)=C(C#N)c1ccc(N(Cc2ccccc2CN(c2ccccc2)c2ccc(C(C#N)=C(C#N)C#N)cc2)c2ccccc2)cc1. The second-order valence-electron chi connectivity index (χ2n) is 10.9. The zero-order valence-electron chi connectivity index (χ0n) is 26.7. The van der Waals surface area contributed by atoms with Gasteiger partial charge in [0, 0.05) is 35.8 Å². The van der Waals surface area contributed by atoms with Crippen LogP contribution in [0.25, 0.3) is 11.1 Å². The maximum absolute atomic E-state index is 9.66. The summed E-state index contributed by atoms with van der Waals surface area (Å²) in [5.41, 5.74) is 6.31. The van der Waals surface area contributed by atoms with Crippen molar-refractivity contribution in [1.29, 1.82) is 31.6 Å². The first-order valence-electron chi connectivity index (χ1n) is 15.4. The van der Waals surface area contributed by atoms with Gasteiger partial charge in [0.2, 0.25) is 0 Å². The summed E-state index contributed by atoms with van der Waals surface area (Å²) in [5.74, 6) is 0. The van der Waals surface area contributed by atoms with Crippen LogP contribution in [0.2, 0.25) is 0 Å². The van der Waals surface area contributed by atoms with Crippen molar-refractivity contribution in [3.63, 3.8) is 0 Å². The van der Waals surface area contributed by atoms with Crippen LogP contribution in [-0.2, 0) is 13.1 Å². The van der Waals surface area contributed by atoms with Crippen LogP contribution in [0, 0.1) is 68.0 Å². The van der Waals surface area contributed by atoms with Crippen molar-refractivity contribution in [3.05, 3.63) is 167 Å². The Labute approximate surface area is 291 Å². The van der Waals surface area contributed by atoms with Gasteiger partial charge in [0.25, 0.3) is 0 Å². The highest BCUT2D eigenvalue weighted by Crippen LogP contribution is 2.33. The Bertz CT molecular complexity index is 2120. The molecule has 0 atom stereocenters. The van der Waals surface area contributed by atoms with Gasteiger partial charge in [-0.1, -0.05) is 84.9 Å². The number of benzene rings is 5. The Morgan fingerprint density at radius 2 is 0.660 bits per heavy atom. The molecule has 0 unspecified atom stereocenters. The van der Waals surface area contributed by atoms with Crippen LogP contribution in [0.1, 0.15) is 22.3 Å². The number of nitriles is 6. The third kappa shape index (κ3) is 7.39. The van der Waals surface area contributed by atoms with Crippen molar-refractivity contribution in [2.24, 2.45) is 0 Å². The molecule has 0 heterocycles. The van der Waals surface area contributed by atoms with E-state index in [0.29, 0.717) is 24.2 Å². The number of nitrogens with zero attached hydrogens (tertiary/aromatic N) is 8. The minimum Gasteiger partial charge on any atom is -0.337 e. The molecule has 5 aromatic carbocycles. The largest absolute Gasteiger partial charge is 0.337 e. The standard InChI is InChI=1S/C42H26N8/c43-23-35(24-44)41(27-47)31-15-19-39(20-16-31)49(37-11-3-1-4-12-37)29-33-9-7-8-10-34(33)30-50(38-13-5-2-6-14-38)40-21-17-32(18-22-40)42(28-48)36(25-45)26-46/h1-22H,29-30H2. The van der Waals surface area contributed by atoms with Gasteiger partial charge in [0.1, 0.15) is 47.6 Å². The van der Waals surface area contributed by atoms with Crippen LogP contribution >= 0.6 is 0 Å². The summed E-state index contributed by atoms with van der Waals surface area (Å²) < 4.78 is 0. The van der Waals surface area contributed by atoms with Gasteiger partial charge in [-0.05, 0) is 70.8 Å². The number of hydrogen-bond acceptors (Lipinski definition) is 8. The highest BCUT2D eigenvalue weighted by atomic mass is 15.1. The van der Waals surface area contributed by atoms with E-state index in [1.165, 1.54) is 0 Å². The summed E-state index contributed by atoms with van der Waals surface area (Å²) >= 11 is 0. The van der Waals surface area contributed by atoms with Gasteiger partial charge in [0.05, 0.1) is 11.1 Å². The molecule has 5 rings (SSSR count). The fourth-order valence-corrected chi connectivity index (χ4v) is 5.51. The van der Waals surface area contributed by atoms with Crippen molar-refractivity contribution in [1.82, 2.24) is 0 Å². The lowest BCUT2D eigenvalue weighted by atomic mass is 10.0. The number of hydrogen-bond donors (Lipinski definition) is 0. The van der Waals surface area contributed by atoms with Gasteiger partial charge in [-0.2, -0.15) is 31.6 Å². The highest BCUT2D eigenvalue weighted by molar-refractivity contribution is 5.86. The number of rotatable bonds is 10. The molecule has 8 heteroatoms. The Balaban J connectivity index is 1.53. The van der Waals surface area contributed by atoms with E-state index in [1.54, 1.807) is 48.5 Å². The Kier molecular flexibility index (Phi) is 10.8. The normalized spacial score (nSPS) is 9.64. The molecule has 0 spiro atoms. The van der Waals surface area contributed by atoms with E-state index >= 15 is 0 Å². The van der Waals surface area contributed by atoms with Gasteiger partial charge in [-0.3, -0.25) is 0 Å². The molecule has 0 aliphatic carbocycles. The summed E-state index contributed by atoms with van der Waals surface area (Å²) in [6.45, 7) is 1.01. The fraction of sp³-hybridized carbons (Fsp3) is 0.0476. The number of anilines is 4. The van der Waals surface area contributed by atoms with Crippen molar-refractivity contribution in [2.45, 2.75) is 13.1 Å². The monoisotopic (exact) mass is 642 g/mol. The van der Waals surface area contributed by atoms with E-state index in [1.807, 2.05) is 109 Å². The first kappa shape index (κ1) is 33.5. The zero-order valence-corrected chi connectivity index (χ0v) is 26.7. The molecular formula is C42H26N8. The second-order valence-corrected chi connectivity index (χ2v) is 10.9. The second kappa shape index (κ2) is 16.1. The minimum atomic E-state index is -0.234. The molecule has 0 aliphatic rings. The van der Waals surface area contributed by atoms with E-state index in [0.717, 1.165) is 33.9 Å². The quantitative estimate of drug-likeness (QED) is 0.137. The molecule has 8 nitrogen and oxygen atoms in total. The molecular weight excluding hydrogens is 617 g/mol. The lowest BCUT2D eigenvalue weighted by molar-refractivity contribution is 0.909. The molecule has 5 aromatic rings. The summed E-state index contributed by atoms with van der Waals surface area (Å²) in [6.07, 6.45) is 0. The first-order valence-corrected chi connectivity index (χ1v) is 15.4. The van der Waals surface area contributed by atoms with E-state index in [9.17, 15) is 31.6 Å². The van der Waals surface area contributed by atoms with Crippen LogP contribution in [0.3, 0.4) is 0 Å². The molecule has 0 radical (unpaired) electrons. The molecule has 0 saturated heterocycles. The molecule has 0 saturated carbocycles. The molecule has 50 heavy (non-hydrogen) atoms. The smallest absolute Gasteiger partial charge is 0.148 e. The van der Waals surface area contributed by atoms with Crippen molar-refractivity contribution in [3.8, 4) is 36.4 Å². The Morgan fingerprint density at radius 1 is 0.360 bits per heavy atom. The lowest BCUT2D eigenvalue weighted by Crippen LogP contribution is -2.21. The summed E-state index contributed by atoms with van der Waals surface area (Å²) in [5, 5.41) is 56.7. The van der Waals surface area contributed by atoms with Crippen LogP contribution in [0.5, 0.6) is 0 Å². The summed E-state index contributed by atoms with van der Waals surface area (Å²) in [4.78, 5) is 4.32. The Hall–Kier alpha value is -7.88. The summed E-state index contributed by atoms with van der Waals surface area (Å²) in [6, 6.07) is 53.7. The van der Waals surface area contributed by atoms with Gasteiger partial charge in [0.15, 0.2) is 0 Å². The lowest BCUT2D eigenvalue weighted by Gasteiger charge is -2.29. The van der Waals surface area contributed by atoms with Crippen LogP contribution in [-0.4, -0.2) is 0 Å². The molecule has 0 bridgehead atoms. The molecule has 0 aromatic heterocycles. The van der Waals surface area contributed by atoms with Crippen molar-refractivity contribution < 1.29 is 0 Å². The topological polar surface area (TPSA) is 149 Å². The molecule has 0 amide bonds. The minimum absolute atomic E-state index is 0.0302. The maximum Gasteiger partial charge on any atom is 0.148 e. The molecule has 0 fully saturated rings. The molecule has 0 N–H and O–H groups in total. The number of para-hydroxylation sites is 2. The molecule has 0 aliphatic heterocycles. The van der Waals surface area contributed by atoms with Crippen molar-refractivity contribution in [2.75, 3.05) is 9.80 Å². The van der Waals surface area contributed by atoms with Gasteiger partial charge in [-0.25, -0.2) is 0 Å². The van der Waals surface area contributed by atoms with Gasteiger partial charge >= 0.3 is 0 Å². The summed E-state index contributed by atoms with van der Waals surface area (Å²) in [7, 11) is 0. The van der Waals surface area contributed by atoms with E-state index < -0.39 is 0 Å². The van der Waals surface area contributed by atoms with Crippen molar-refractivity contribution >= 4 is 33.9 Å². The third-order valence-corrected chi connectivity index (χ3v) is 8.02. The fourth-order valence-electron chi connectivity index (χ4n) is 5.51. The number of allylic oxidation sites excluding steroid dienone is 4. The highest BCUT2D eigenvalue weighted by Gasteiger charge is 2.18. The third-order valence-electron chi connectivity index (χ3n) is 8.02. The predicted octanol–water partition coefficient (Wildman–Crippen LogP) is 9.01. The average molecular weight is 643 g/mol. The van der Waals surface area contributed by atoms with Gasteiger partial charge in [-0.15, -0.1) is 0 Å². The van der Waals surface area contributed by atoms with E-state index in [-0.39, 0.29) is 22.3 Å².